The van der Waals surface area contributed by atoms with Crippen LogP contribution in [0.4, 0.5) is 0 Å². The van der Waals surface area contributed by atoms with Crippen LogP contribution in [0.25, 0.3) is 10.9 Å². The van der Waals surface area contributed by atoms with Gasteiger partial charge in [0.25, 0.3) is 0 Å². The van der Waals surface area contributed by atoms with E-state index in [0.717, 1.165) is 35.2 Å². The molecule has 0 aliphatic carbocycles. The predicted molar refractivity (Wildman–Crippen MR) is 104 cm³/mol. The minimum absolute atomic E-state index is 0.339. The fourth-order valence-electron chi connectivity index (χ4n) is 2.78. The van der Waals surface area contributed by atoms with Crippen LogP contribution in [0.15, 0.2) is 63.3 Å². The van der Waals surface area contributed by atoms with Gasteiger partial charge in [0.2, 0.25) is 0 Å². The van der Waals surface area contributed by atoms with E-state index in [1.165, 1.54) is 16.7 Å². The molecule has 2 aromatic carbocycles. The van der Waals surface area contributed by atoms with Crippen molar-refractivity contribution in [2.24, 2.45) is 0 Å². The molecule has 0 aliphatic heterocycles. The van der Waals surface area contributed by atoms with Crippen molar-refractivity contribution in [2.45, 2.75) is 27.5 Å². The van der Waals surface area contributed by atoms with Crippen LogP contribution in [-0.4, -0.2) is 33.2 Å². The van der Waals surface area contributed by atoms with E-state index in [1.54, 1.807) is 23.9 Å². The van der Waals surface area contributed by atoms with Crippen molar-refractivity contribution >= 4 is 32.5 Å². The maximum Gasteiger partial charge on any atom is 0.175 e. The van der Waals surface area contributed by atoms with E-state index in [1.807, 2.05) is 19.3 Å². The summed E-state index contributed by atoms with van der Waals surface area (Å²) in [5, 5.41) is 4.23. The number of hydrogen-bond donors (Lipinski definition) is 2. The molecule has 0 atom stereocenters. The van der Waals surface area contributed by atoms with Gasteiger partial charge in [0, 0.05) is 33.1 Å². The summed E-state index contributed by atoms with van der Waals surface area (Å²) in [7, 11) is -1.23. The Morgan fingerprint density at radius 1 is 1.12 bits per heavy atom. The third kappa shape index (κ3) is 4.26. The molecule has 0 unspecified atom stereocenters. The van der Waals surface area contributed by atoms with Crippen molar-refractivity contribution in [1.29, 1.82) is 0 Å². The van der Waals surface area contributed by atoms with E-state index in [-0.39, 0.29) is 0 Å². The predicted octanol–water partition coefficient (Wildman–Crippen LogP) is 3.87. The number of sulfone groups is 1. The molecule has 0 radical (unpaired) electrons. The number of nitrogens with one attached hydrogen (secondary N) is 2. The molecular formula is C19H22N2O2S2. The van der Waals surface area contributed by atoms with Gasteiger partial charge in [0.1, 0.15) is 0 Å². The van der Waals surface area contributed by atoms with Crippen molar-refractivity contribution in [3.05, 3.63) is 54.2 Å². The van der Waals surface area contributed by atoms with Crippen molar-refractivity contribution < 1.29 is 8.42 Å². The zero-order valence-corrected chi connectivity index (χ0v) is 16.0. The second-order valence-corrected chi connectivity index (χ2v) is 9.15. The molecular weight excluding hydrogens is 352 g/mol. The van der Waals surface area contributed by atoms with Gasteiger partial charge in [-0.15, -0.1) is 0 Å². The first-order valence-corrected chi connectivity index (χ1v) is 10.9. The Kier molecular flexibility index (Phi) is 5.51. The molecule has 3 rings (SSSR count). The quantitative estimate of drug-likeness (QED) is 0.616. The number of aryl methyl sites for hydroxylation is 1. The summed E-state index contributed by atoms with van der Waals surface area (Å²) in [6.45, 7) is 1.00. The smallest absolute Gasteiger partial charge is 0.175 e. The normalized spacial score (nSPS) is 11.9. The zero-order valence-electron chi connectivity index (χ0n) is 14.4. The molecule has 0 saturated heterocycles. The Hall–Kier alpha value is -1.76. The fourth-order valence-corrected chi connectivity index (χ4v) is 4.52. The van der Waals surface area contributed by atoms with E-state index in [2.05, 4.69) is 34.6 Å². The molecule has 0 fully saturated rings. The molecule has 2 N–H and O–H groups in total. The van der Waals surface area contributed by atoms with E-state index < -0.39 is 9.84 Å². The number of aromatic amines is 1. The Labute approximate surface area is 153 Å². The summed E-state index contributed by atoms with van der Waals surface area (Å²) >= 11 is 1.72. The first-order chi connectivity index (χ1) is 12.0. The monoisotopic (exact) mass is 374 g/mol. The van der Waals surface area contributed by atoms with Crippen molar-refractivity contribution in [3.63, 3.8) is 0 Å². The van der Waals surface area contributed by atoms with Gasteiger partial charge >= 0.3 is 0 Å². The summed E-state index contributed by atoms with van der Waals surface area (Å²) in [4.78, 5) is 5.89. The van der Waals surface area contributed by atoms with E-state index >= 15 is 0 Å². The molecule has 1 aromatic heterocycles. The highest BCUT2D eigenvalue weighted by Gasteiger charge is 2.12. The molecule has 0 spiro atoms. The van der Waals surface area contributed by atoms with Crippen LogP contribution in [0.2, 0.25) is 0 Å². The second-order valence-electron chi connectivity index (χ2n) is 6.05. The fraction of sp³-hybridized carbons (Fsp3) is 0.263. The van der Waals surface area contributed by atoms with Gasteiger partial charge in [-0.25, -0.2) is 8.42 Å². The third-order valence-electron chi connectivity index (χ3n) is 4.11. The van der Waals surface area contributed by atoms with Crippen LogP contribution in [0.3, 0.4) is 0 Å². The number of rotatable bonds is 7. The van der Waals surface area contributed by atoms with E-state index in [0.29, 0.717) is 4.90 Å². The van der Waals surface area contributed by atoms with Gasteiger partial charge < -0.3 is 10.3 Å². The average Bonchev–Trinajstić information content (AvgIpc) is 2.98. The average molecular weight is 375 g/mol. The Bertz CT molecular complexity index is 978. The van der Waals surface area contributed by atoms with Crippen LogP contribution >= 0.6 is 11.8 Å². The molecule has 0 aliphatic rings. The molecule has 3 aromatic rings. The lowest BCUT2D eigenvalue weighted by Crippen LogP contribution is -2.08. The second kappa shape index (κ2) is 7.64. The Balaban J connectivity index is 1.89. The lowest BCUT2D eigenvalue weighted by atomic mass is 10.1. The highest BCUT2D eigenvalue weighted by molar-refractivity contribution is 7.99. The Morgan fingerprint density at radius 3 is 2.68 bits per heavy atom. The summed E-state index contributed by atoms with van der Waals surface area (Å²) in [5.41, 5.74) is 2.18. The molecule has 25 heavy (non-hydrogen) atoms. The van der Waals surface area contributed by atoms with Gasteiger partial charge in [0.05, 0.1) is 4.90 Å². The molecule has 0 bridgehead atoms. The van der Waals surface area contributed by atoms with Gasteiger partial charge in [-0.3, -0.25) is 0 Å². The van der Waals surface area contributed by atoms with Crippen LogP contribution in [0, 0.1) is 0 Å². The van der Waals surface area contributed by atoms with Crippen LogP contribution in [0.5, 0.6) is 0 Å². The lowest BCUT2D eigenvalue weighted by Gasteiger charge is -2.08. The maximum absolute atomic E-state index is 11.7. The number of H-pyrrole nitrogens is 1. The van der Waals surface area contributed by atoms with E-state index in [4.69, 9.17) is 0 Å². The molecule has 0 amide bonds. The Morgan fingerprint density at radius 2 is 1.92 bits per heavy atom. The number of benzene rings is 2. The standard InChI is InChI=1S/C19H22N2O2S2/c1-20-11-5-7-14-6-3-4-8-18(14)24-19-13-21-17-12-15(25(2,22)23)9-10-16(17)19/h3-4,6,8-10,12-13,20-21H,5,7,11H2,1-2H3. The largest absolute Gasteiger partial charge is 0.360 e. The highest BCUT2D eigenvalue weighted by Crippen LogP contribution is 2.36. The summed E-state index contributed by atoms with van der Waals surface area (Å²) in [6.07, 6.45) is 5.31. The van der Waals surface area contributed by atoms with Crippen molar-refractivity contribution in [2.75, 3.05) is 19.8 Å². The van der Waals surface area contributed by atoms with Gasteiger partial charge in [-0.05, 0) is 50.2 Å². The topological polar surface area (TPSA) is 62.0 Å². The van der Waals surface area contributed by atoms with Gasteiger partial charge in [-0.2, -0.15) is 0 Å². The van der Waals surface area contributed by atoms with Gasteiger partial charge in [0.15, 0.2) is 9.84 Å². The maximum atomic E-state index is 11.7. The highest BCUT2D eigenvalue weighted by atomic mass is 32.2. The third-order valence-corrected chi connectivity index (χ3v) is 6.39. The minimum atomic E-state index is -3.20. The van der Waals surface area contributed by atoms with Gasteiger partial charge in [-0.1, -0.05) is 36.0 Å². The zero-order chi connectivity index (χ0) is 17.9. The van der Waals surface area contributed by atoms with E-state index in [9.17, 15) is 8.42 Å². The van der Waals surface area contributed by atoms with Crippen LogP contribution < -0.4 is 5.32 Å². The minimum Gasteiger partial charge on any atom is -0.360 e. The SMILES string of the molecule is CNCCCc1ccccc1Sc1c[nH]c2cc(S(C)(=O)=O)ccc12. The molecule has 4 nitrogen and oxygen atoms in total. The summed E-state index contributed by atoms with van der Waals surface area (Å²) < 4.78 is 23.4. The van der Waals surface area contributed by atoms with Crippen LogP contribution in [0.1, 0.15) is 12.0 Å². The molecule has 0 saturated carbocycles. The van der Waals surface area contributed by atoms with Crippen LogP contribution in [-0.2, 0) is 16.3 Å². The lowest BCUT2D eigenvalue weighted by molar-refractivity contribution is 0.602. The van der Waals surface area contributed by atoms with Crippen molar-refractivity contribution in [1.82, 2.24) is 10.3 Å². The summed E-state index contributed by atoms with van der Waals surface area (Å²) in [6, 6.07) is 13.7. The van der Waals surface area contributed by atoms with Crippen molar-refractivity contribution in [3.8, 4) is 0 Å². The molecule has 132 valence electrons. The number of aromatic nitrogens is 1. The first kappa shape index (κ1) is 18.0. The number of hydrogen-bond acceptors (Lipinski definition) is 4. The molecule has 1 heterocycles. The number of fused-ring (bicyclic) bond motifs is 1. The summed E-state index contributed by atoms with van der Waals surface area (Å²) in [5.74, 6) is 0. The first-order valence-electron chi connectivity index (χ1n) is 8.20. The molecule has 6 heteroatoms.